The highest BCUT2D eigenvalue weighted by atomic mass is 19.1. The first kappa shape index (κ1) is 19.2. The number of hydrogen-bond donors (Lipinski definition) is 1. The summed E-state index contributed by atoms with van der Waals surface area (Å²) in [6, 6.07) is 6.44. The topological polar surface area (TPSA) is 61.9 Å². The van der Waals surface area contributed by atoms with E-state index in [2.05, 4.69) is 5.32 Å². The Balaban J connectivity index is 1.71. The fraction of sp³-hybridized carbons (Fsp3) is 0.556. The molecule has 1 aliphatic heterocycles. The molecule has 25 heavy (non-hydrogen) atoms. The minimum atomic E-state index is -0.290. The van der Waals surface area contributed by atoms with Crippen LogP contribution in [0.4, 0.5) is 9.18 Å². The molecule has 1 aromatic carbocycles. The Morgan fingerprint density at radius 1 is 1.36 bits per heavy atom. The number of nitrogens with zero attached hydrogens (tertiary/aromatic N) is 2. The molecule has 0 atom stereocenters. The number of piperidine rings is 1. The number of likely N-dealkylation sites (N-methyl/N-ethyl adjacent to an activating group) is 1. The molecule has 0 spiro atoms. The summed E-state index contributed by atoms with van der Waals surface area (Å²) in [5.41, 5.74) is 0.832. The molecule has 1 heterocycles. The van der Waals surface area contributed by atoms with E-state index in [1.165, 1.54) is 12.1 Å². The van der Waals surface area contributed by atoms with Crippen LogP contribution in [0.2, 0.25) is 0 Å². The second-order valence-electron chi connectivity index (χ2n) is 6.33. The number of rotatable bonds is 6. The molecule has 0 saturated carbocycles. The summed E-state index contributed by atoms with van der Waals surface area (Å²) >= 11 is 0. The van der Waals surface area contributed by atoms with Gasteiger partial charge >= 0.3 is 6.09 Å². The fourth-order valence-corrected chi connectivity index (χ4v) is 2.94. The number of amides is 2. The van der Waals surface area contributed by atoms with Gasteiger partial charge in [-0.15, -0.1) is 0 Å². The predicted molar refractivity (Wildman–Crippen MR) is 92.5 cm³/mol. The van der Waals surface area contributed by atoms with Crippen molar-refractivity contribution in [2.75, 3.05) is 33.3 Å². The number of carbonyl (C=O) groups is 2. The van der Waals surface area contributed by atoms with Gasteiger partial charge in [0, 0.05) is 25.7 Å². The Morgan fingerprint density at radius 3 is 2.72 bits per heavy atom. The lowest BCUT2D eigenvalue weighted by Gasteiger charge is -2.32. The first-order valence-electron chi connectivity index (χ1n) is 8.62. The number of benzene rings is 1. The van der Waals surface area contributed by atoms with Crippen LogP contribution < -0.4 is 5.32 Å². The van der Waals surface area contributed by atoms with Gasteiger partial charge in [-0.05, 0) is 44.5 Å². The van der Waals surface area contributed by atoms with Crippen molar-refractivity contribution in [2.45, 2.75) is 32.4 Å². The van der Waals surface area contributed by atoms with Gasteiger partial charge in [-0.2, -0.15) is 0 Å². The highest BCUT2D eigenvalue weighted by molar-refractivity contribution is 5.78. The van der Waals surface area contributed by atoms with Crippen LogP contribution in [0, 0.1) is 5.82 Å². The second kappa shape index (κ2) is 9.36. The second-order valence-corrected chi connectivity index (χ2v) is 6.33. The fourth-order valence-electron chi connectivity index (χ4n) is 2.94. The lowest BCUT2D eigenvalue weighted by Crippen LogP contribution is -2.48. The third-order valence-electron chi connectivity index (χ3n) is 4.14. The van der Waals surface area contributed by atoms with Gasteiger partial charge in [0.1, 0.15) is 5.82 Å². The van der Waals surface area contributed by atoms with Gasteiger partial charge in [0.2, 0.25) is 5.91 Å². The molecule has 0 unspecified atom stereocenters. The molecule has 2 amide bonds. The SMILES string of the molecule is CCOC(=O)N1CCC(NC(=O)CN(C)Cc2cccc(F)c2)CC1. The maximum atomic E-state index is 13.2. The number of likely N-dealkylation sites (tertiary alicyclic amines) is 1. The van der Waals surface area contributed by atoms with Gasteiger partial charge in [0.05, 0.1) is 13.2 Å². The highest BCUT2D eigenvalue weighted by Gasteiger charge is 2.24. The molecular formula is C18H26FN3O3. The average Bonchev–Trinajstić information content (AvgIpc) is 2.55. The largest absolute Gasteiger partial charge is 0.450 e. The molecule has 0 aliphatic carbocycles. The van der Waals surface area contributed by atoms with Crippen molar-refractivity contribution >= 4 is 12.0 Å². The maximum absolute atomic E-state index is 13.2. The molecule has 1 aromatic rings. The van der Waals surface area contributed by atoms with Crippen LogP contribution in [-0.4, -0.2) is 61.1 Å². The molecule has 138 valence electrons. The molecule has 0 bridgehead atoms. The zero-order valence-electron chi connectivity index (χ0n) is 14.8. The lowest BCUT2D eigenvalue weighted by atomic mass is 10.1. The Kier molecular flexibility index (Phi) is 7.18. The van der Waals surface area contributed by atoms with E-state index in [1.54, 1.807) is 17.9 Å². The summed E-state index contributed by atoms with van der Waals surface area (Å²) in [5, 5.41) is 3.00. The number of nitrogens with one attached hydrogen (secondary N) is 1. The summed E-state index contributed by atoms with van der Waals surface area (Å²) in [4.78, 5) is 27.3. The van der Waals surface area contributed by atoms with Crippen molar-refractivity contribution < 1.29 is 18.7 Å². The Hall–Kier alpha value is -2.15. The summed E-state index contributed by atoms with van der Waals surface area (Å²) in [7, 11) is 1.83. The van der Waals surface area contributed by atoms with E-state index >= 15 is 0 Å². The normalized spacial score (nSPS) is 15.3. The monoisotopic (exact) mass is 351 g/mol. The zero-order chi connectivity index (χ0) is 18.2. The number of halogens is 1. The molecule has 1 N–H and O–H groups in total. The Labute approximate surface area is 147 Å². The van der Waals surface area contributed by atoms with Crippen molar-refractivity contribution in [3.63, 3.8) is 0 Å². The molecule has 7 heteroatoms. The lowest BCUT2D eigenvalue weighted by molar-refractivity contribution is -0.123. The van der Waals surface area contributed by atoms with Crippen LogP contribution >= 0.6 is 0 Å². The van der Waals surface area contributed by atoms with Gasteiger partial charge in [-0.25, -0.2) is 9.18 Å². The molecule has 1 aliphatic rings. The maximum Gasteiger partial charge on any atom is 0.409 e. The molecule has 1 saturated heterocycles. The van der Waals surface area contributed by atoms with E-state index in [1.807, 2.05) is 18.0 Å². The van der Waals surface area contributed by atoms with E-state index < -0.39 is 0 Å². The zero-order valence-corrected chi connectivity index (χ0v) is 14.8. The van der Waals surface area contributed by atoms with E-state index in [0.717, 1.165) is 18.4 Å². The van der Waals surface area contributed by atoms with Gasteiger partial charge in [-0.1, -0.05) is 12.1 Å². The summed E-state index contributed by atoms with van der Waals surface area (Å²) in [6.45, 7) is 4.07. The standard InChI is InChI=1S/C18H26FN3O3/c1-3-25-18(24)22-9-7-16(8-10-22)20-17(23)13-21(2)12-14-5-4-6-15(19)11-14/h4-6,11,16H,3,7-10,12-13H2,1-2H3,(H,20,23). The average molecular weight is 351 g/mol. The highest BCUT2D eigenvalue weighted by Crippen LogP contribution is 2.12. The van der Waals surface area contributed by atoms with Crippen LogP contribution in [-0.2, 0) is 16.1 Å². The van der Waals surface area contributed by atoms with Gasteiger partial charge in [0.15, 0.2) is 0 Å². The smallest absolute Gasteiger partial charge is 0.409 e. The van der Waals surface area contributed by atoms with Gasteiger partial charge < -0.3 is 15.0 Å². The third kappa shape index (κ3) is 6.34. The molecule has 2 rings (SSSR count). The van der Waals surface area contributed by atoms with Crippen molar-refractivity contribution in [3.8, 4) is 0 Å². The minimum Gasteiger partial charge on any atom is -0.450 e. The van der Waals surface area contributed by atoms with Gasteiger partial charge in [0.25, 0.3) is 0 Å². The Morgan fingerprint density at radius 2 is 2.08 bits per heavy atom. The third-order valence-corrected chi connectivity index (χ3v) is 4.14. The molecule has 0 radical (unpaired) electrons. The van der Waals surface area contributed by atoms with Crippen molar-refractivity contribution in [1.82, 2.24) is 15.1 Å². The van der Waals surface area contributed by atoms with Crippen LogP contribution in [0.1, 0.15) is 25.3 Å². The molecule has 1 fully saturated rings. The molecule has 0 aromatic heterocycles. The van der Waals surface area contributed by atoms with E-state index in [0.29, 0.717) is 26.2 Å². The molecule has 6 nitrogen and oxygen atoms in total. The van der Waals surface area contributed by atoms with Crippen LogP contribution in [0.15, 0.2) is 24.3 Å². The summed E-state index contributed by atoms with van der Waals surface area (Å²) in [5.74, 6) is -0.336. The predicted octanol–water partition coefficient (Wildman–Crippen LogP) is 1.99. The minimum absolute atomic E-state index is 0.0616. The van der Waals surface area contributed by atoms with Crippen molar-refractivity contribution in [3.05, 3.63) is 35.6 Å². The quantitative estimate of drug-likeness (QED) is 0.851. The number of hydrogen-bond acceptors (Lipinski definition) is 4. The van der Waals surface area contributed by atoms with E-state index in [9.17, 15) is 14.0 Å². The van der Waals surface area contributed by atoms with Crippen LogP contribution in [0.25, 0.3) is 0 Å². The molecular weight excluding hydrogens is 325 g/mol. The van der Waals surface area contributed by atoms with E-state index in [4.69, 9.17) is 4.74 Å². The van der Waals surface area contributed by atoms with Crippen molar-refractivity contribution in [1.29, 1.82) is 0 Å². The van der Waals surface area contributed by atoms with Crippen molar-refractivity contribution in [2.24, 2.45) is 0 Å². The van der Waals surface area contributed by atoms with Crippen LogP contribution in [0.5, 0.6) is 0 Å². The first-order valence-corrected chi connectivity index (χ1v) is 8.62. The Bertz CT molecular complexity index is 589. The number of ether oxygens (including phenoxy) is 1. The van der Waals surface area contributed by atoms with Crippen LogP contribution in [0.3, 0.4) is 0 Å². The summed E-state index contributed by atoms with van der Waals surface area (Å²) < 4.78 is 18.2. The number of carbonyl (C=O) groups excluding carboxylic acids is 2. The summed E-state index contributed by atoms with van der Waals surface area (Å²) in [6.07, 6.45) is 1.15. The first-order chi connectivity index (χ1) is 12.0. The van der Waals surface area contributed by atoms with Gasteiger partial charge in [-0.3, -0.25) is 9.69 Å². The van der Waals surface area contributed by atoms with E-state index in [-0.39, 0.29) is 30.4 Å².